The fourth-order valence-electron chi connectivity index (χ4n) is 4.03. The van der Waals surface area contributed by atoms with Gasteiger partial charge in [0.05, 0.1) is 29.3 Å². The zero-order valence-electron chi connectivity index (χ0n) is 18.6. The first kappa shape index (κ1) is 24.9. The quantitative estimate of drug-likeness (QED) is 0.321. The van der Waals surface area contributed by atoms with Crippen molar-refractivity contribution in [3.63, 3.8) is 0 Å². The molecule has 0 radical (unpaired) electrons. The highest BCUT2D eigenvalue weighted by Crippen LogP contribution is 2.43. The molecule has 2 aromatic carbocycles. The first-order valence-electron chi connectivity index (χ1n) is 10.6. The predicted octanol–water partition coefficient (Wildman–Crippen LogP) is 4.47. The van der Waals surface area contributed by atoms with Crippen molar-refractivity contribution in [1.29, 1.82) is 0 Å². The minimum absolute atomic E-state index is 0.0230. The summed E-state index contributed by atoms with van der Waals surface area (Å²) in [6.07, 6.45) is 0. The predicted molar refractivity (Wildman–Crippen MR) is 128 cm³/mol. The van der Waals surface area contributed by atoms with Gasteiger partial charge in [0.25, 0.3) is 11.7 Å². The number of ether oxygens (including phenoxy) is 1. The number of hydrogen-bond donors (Lipinski definition) is 2. The molecular weight excluding hydrogens is 467 g/mol. The lowest BCUT2D eigenvalue weighted by Crippen LogP contribution is -2.38. The summed E-state index contributed by atoms with van der Waals surface area (Å²) in [5, 5.41) is 21.7. The Balaban J connectivity index is 2.20. The number of halogens is 2. The highest BCUT2D eigenvalue weighted by atomic mass is 35.5. The fourth-order valence-corrected chi connectivity index (χ4v) is 4.60. The Morgan fingerprint density at radius 3 is 2.45 bits per heavy atom. The monoisotopic (exact) mass is 492 g/mol. The molecule has 0 saturated carbocycles. The van der Waals surface area contributed by atoms with Gasteiger partial charge >= 0.3 is 0 Å². The number of nitrogens with zero attached hydrogens (tertiary/aromatic N) is 2. The maximum Gasteiger partial charge on any atom is 0.295 e. The molecule has 1 amide bonds. The van der Waals surface area contributed by atoms with Crippen molar-refractivity contribution in [2.75, 3.05) is 33.3 Å². The number of amides is 1. The number of benzene rings is 2. The maximum absolute atomic E-state index is 13.2. The van der Waals surface area contributed by atoms with E-state index in [0.717, 1.165) is 13.1 Å². The van der Waals surface area contributed by atoms with Crippen LogP contribution in [0.1, 0.15) is 31.0 Å². The number of aliphatic hydroxyl groups excluding tert-OH is 1. The summed E-state index contributed by atoms with van der Waals surface area (Å²) in [4.78, 5) is 29.8. The normalized spacial score (nSPS) is 17.8. The standard InChI is InChI=1S/C24H26Cl2N2O5/c1-4-27(5-2)9-10-28-20(14-7-6-8-16(29)11-14)19(22(31)24(28)32)21(30)17-12-15(25)13-18(26)23(17)33-3/h6-8,11-13,20,29-30H,4-5,9-10H2,1-3H3/b21-19+. The van der Waals surface area contributed by atoms with E-state index in [1.807, 2.05) is 13.8 Å². The summed E-state index contributed by atoms with van der Waals surface area (Å²) < 4.78 is 5.33. The molecule has 1 aliphatic rings. The zero-order chi connectivity index (χ0) is 24.3. The van der Waals surface area contributed by atoms with Crippen molar-refractivity contribution >= 4 is 40.7 Å². The molecule has 0 bridgehead atoms. The van der Waals surface area contributed by atoms with Gasteiger partial charge in [-0.05, 0) is 42.9 Å². The van der Waals surface area contributed by atoms with Gasteiger partial charge in [-0.1, -0.05) is 49.2 Å². The van der Waals surface area contributed by atoms with Crippen molar-refractivity contribution in [1.82, 2.24) is 9.80 Å². The van der Waals surface area contributed by atoms with Crippen molar-refractivity contribution in [2.24, 2.45) is 0 Å². The van der Waals surface area contributed by atoms with Crippen LogP contribution in [0.2, 0.25) is 10.0 Å². The molecule has 176 valence electrons. The first-order chi connectivity index (χ1) is 15.7. The number of Topliss-reactive ketones (excluding diaryl/α,β-unsaturated/α-hetero) is 1. The molecule has 2 aromatic rings. The number of hydrogen-bond acceptors (Lipinski definition) is 6. The van der Waals surface area contributed by atoms with Crippen LogP contribution in [-0.2, 0) is 9.59 Å². The third kappa shape index (κ3) is 4.95. The average Bonchev–Trinajstić information content (AvgIpc) is 3.03. The summed E-state index contributed by atoms with van der Waals surface area (Å²) in [6.45, 7) is 6.41. The van der Waals surface area contributed by atoms with E-state index in [1.165, 1.54) is 36.3 Å². The van der Waals surface area contributed by atoms with Crippen LogP contribution < -0.4 is 4.74 Å². The molecule has 33 heavy (non-hydrogen) atoms. The van der Waals surface area contributed by atoms with Crippen LogP contribution in [0.3, 0.4) is 0 Å². The molecule has 1 unspecified atom stereocenters. The van der Waals surface area contributed by atoms with Gasteiger partial charge in [-0.25, -0.2) is 0 Å². The maximum atomic E-state index is 13.2. The van der Waals surface area contributed by atoms with E-state index in [1.54, 1.807) is 12.1 Å². The number of methoxy groups -OCH3 is 1. The first-order valence-corrected chi connectivity index (χ1v) is 11.3. The Bertz CT molecular complexity index is 1100. The molecule has 1 fully saturated rings. The summed E-state index contributed by atoms with van der Waals surface area (Å²) in [5.74, 6) is -1.91. The van der Waals surface area contributed by atoms with Gasteiger partial charge < -0.3 is 24.7 Å². The molecule has 0 aromatic heterocycles. The Labute approximate surface area is 202 Å². The van der Waals surface area contributed by atoms with E-state index in [0.29, 0.717) is 12.1 Å². The molecule has 0 spiro atoms. The largest absolute Gasteiger partial charge is 0.508 e. The number of likely N-dealkylation sites (tertiary alicyclic amines) is 1. The fraction of sp³-hybridized carbons (Fsp3) is 0.333. The number of phenols is 1. The van der Waals surface area contributed by atoms with E-state index in [2.05, 4.69) is 4.90 Å². The molecule has 2 N–H and O–H groups in total. The van der Waals surface area contributed by atoms with Crippen LogP contribution in [0.4, 0.5) is 0 Å². The third-order valence-electron chi connectivity index (χ3n) is 5.75. The van der Waals surface area contributed by atoms with E-state index in [-0.39, 0.29) is 39.2 Å². The van der Waals surface area contributed by atoms with Gasteiger partial charge in [-0.3, -0.25) is 9.59 Å². The SMILES string of the molecule is CCN(CC)CCN1C(=O)C(=O)/C(=C(/O)c2cc(Cl)cc(Cl)c2OC)C1c1cccc(O)c1. The highest BCUT2D eigenvalue weighted by molar-refractivity contribution is 6.46. The second-order valence-corrected chi connectivity index (χ2v) is 8.43. The van der Waals surface area contributed by atoms with Gasteiger partial charge in [0, 0.05) is 18.1 Å². The molecule has 9 heteroatoms. The Morgan fingerprint density at radius 2 is 1.85 bits per heavy atom. The molecule has 1 atom stereocenters. The summed E-state index contributed by atoms with van der Waals surface area (Å²) in [6, 6.07) is 8.23. The Kier molecular flexibility index (Phi) is 7.89. The van der Waals surface area contributed by atoms with E-state index in [4.69, 9.17) is 27.9 Å². The number of carbonyl (C=O) groups excluding carboxylic acids is 2. The van der Waals surface area contributed by atoms with Crippen molar-refractivity contribution in [2.45, 2.75) is 19.9 Å². The number of likely N-dealkylation sites (N-methyl/N-ethyl adjacent to an activating group) is 1. The lowest BCUT2D eigenvalue weighted by Gasteiger charge is -2.28. The van der Waals surface area contributed by atoms with E-state index in [9.17, 15) is 19.8 Å². The summed E-state index contributed by atoms with van der Waals surface area (Å²) in [5.41, 5.74) is 0.464. The number of ketones is 1. The molecule has 3 rings (SSSR count). The van der Waals surface area contributed by atoms with Gasteiger partial charge in [-0.2, -0.15) is 0 Å². The van der Waals surface area contributed by atoms with Crippen LogP contribution in [0.5, 0.6) is 11.5 Å². The number of carbonyl (C=O) groups is 2. The van der Waals surface area contributed by atoms with Crippen LogP contribution in [0.15, 0.2) is 42.0 Å². The van der Waals surface area contributed by atoms with Crippen LogP contribution in [0.25, 0.3) is 5.76 Å². The van der Waals surface area contributed by atoms with Crippen molar-refractivity contribution < 1.29 is 24.5 Å². The molecule has 7 nitrogen and oxygen atoms in total. The van der Waals surface area contributed by atoms with Gasteiger partial charge in [0.15, 0.2) is 0 Å². The van der Waals surface area contributed by atoms with Crippen molar-refractivity contribution in [3.8, 4) is 11.5 Å². The van der Waals surface area contributed by atoms with E-state index >= 15 is 0 Å². The third-order valence-corrected chi connectivity index (χ3v) is 6.24. The summed E-state index contributed by atoms with van der Waals surface area (Å²) >= 11 is 12.4. The minimum Gasteiger partial charge on any atom is -0.508 e. The van der Waals surface area contributed by atoms with E-state index < -0.39 is 23.5 Å². The van der Waals surface area contributed by atoms with Gasteiger partial charge in [0.2, 0.25) is 0 Å². The Hall–Kier alpha value is -2.74. The number of phenolic OH excluding ortho intramolecular Hbond substituents is 1. The van der Waals surface area contributed by atoms with Crippen LogP contribution in [-0.4, -0.2) is 65.0 Å². The molecular formula is C24H26Cl2N2O5. The smallest absolute Gasteiger partial charge is 0.295 e. The lowest BCUT2D eigenvalue weighted by molar-refractivity contribution is -0.140. The minimum atomic E-state index is -0.907. The highest BCUT2D eigenvalue weighted by Gasteiger charge is 2.46. The molecule has 1 heterocycles. The lowest BCUT2D eigenvalue weighted by atomic mass is 9.95. The molecule has 1 saturated heterocycles. The molecule has 1 aliphatic heterocycles. The topological polar surface area (TPSA) is 90.3 Å². The second kappa shape index (κ2) is 10.5. The average molecular weight is 493 g/mol. The van der Waals surface area contributed by atoms with Crippen LogP contribution in [0, 0.1) is 0 Å². The molecule has 0 aliphatic carbocycles. The van der Waals surface area contributed by atoms with Gasteiger partial charge in [0.1, 0.15) is 17.3 Å². The number of aromatic hydroxyl groups is 1. The Morgan fingerprint density at radius 1 is 1.15 bits per heavy atom. The summed E-state index contributed by atoms with van der Waals surface area (Å²) in [7, 11) is 1.38. The zero-order valence-corrected chi connectivity index (χ0v) is 20.2. The number of aliphatic hydroxyl groups is 1. The van der Waals surface area contributed by atoms with Gasteiger partial charge in [-0.15, -0.1) is 0 Å². The van der Waals surface area contributed by atoms with Crippen molar-refractivity contribution in [3.05, 3.63) is 63.1 Å². The van der Waals surface area contributed by atoms with Crippen LogP contribution >= 0.6 is 23.2 Å². The number of rotatable bonds is 8. The second-order valence-electron chi connectivity index (χ2n) is 7.58.